The molecule has 2 aromatic rings. The number of nitrogens with zero attached hydrogens (tertiary/aromatic N) is 1. The van der Waals surface area contributed by atoms with Crippen molar-refractivity contribution in [3.8, 4) is 0 Å². The van der Waals surface area contributed by atoms with E-state index in [0.29, 0.717) is 19.0 Å². The minimum absolute atomic E-state index is 0.00549. The summed E-state index contributed by atoms with van der Waals surface area (Å²) in [7, 11) is 0. The zero-order valence-corrected chi connectivity index (χ0v) is 14.4. The molecule has 1 aliphatic carbocycles. The first-order chi connectivity index (χ1) is 11.2. The second-order valence-electron chi connectivity index (χ2n) is 6.31. The number of hydrogen-bond donors (Lipinski definition) is 0. The number of carbonyl (C=O) groups excluding carboxylic acids is 1. The highest BCUT2D eigenvalue weighted by Crippen LogP contribution is 2.47. The molecule has 0 saturated heterocycles. The standard InChI is InChI=1S/C19H18ClNOS/c1-2-19(22)21-10-16(15-9-18(20)23-17(15)11-21)14-6-4-3-5-13(14)12-7-8-12/h2-6,9,12,16H,1,7-8,10-11H2/t16-/m1/s1. The molecular weight excluding hydrogens is 326 g/mol. The zero-order valence-electron chi connectivity index (χ0n) is 12.8. The summed E-state index contributed by atoms with van der Waals surface area (Å²) in [6, 6.07) is 10.8. The van der Waals surface area contributed by atoms with Crippen LogP contribution in [0.25, 0.3) is 0 Å². The summed E-state index contributed by atoms with van der Waals surface area (Å²) >= 11 is 7.86. The van der Waals surface area contributed by atoms with Gasteiger partial charge in [0.1, 0.15) is 0 Å². The Morgan fingerprint density at radius 1 is 1.26 bits per heavy atom. The van der Waals surface area contributed by atoms with Crippen LogP contribution in [0.15, 0.2) is 43.0 Å². The van der Waals surface area contributed by atoms with Crippen molar-refractivity contribution in [1.29, 1.82) is 0 Å². The van der Waals surface area contributed by atoms with Crippen molar-refractivity contribution >= 4 is 28.8 Å². The summed E-state index contributed by atoms with van der Waals surface area (Å²) in [6.07, 6.45) is 3.95. The van der Waals surface area contributed by atoms with Gasteiger partial charge in [0.25, 0.3) is 0 Å². The Labute approximate surface area is 145 Å². The van der Waals surface area contributed by atoms with Crippen LogP contribution in [0.5, 0.6) is 0 Å². The van der Waals surface area contributed by atoms with E-state index in [1.165, 1.54) is 40.5 Å². The second kappa shape index (κ2) is 5.81. The molecule has 23 heavy (non-hydrogen) atoms. The third-order valence-electron chi connectivity index (χ3n) is 4.80. The summed E-state index contributed by atoms with van der Waals surface area (Å²) < 4.78 is 0.803. The zero-order chi connectivity index (χ0) is 16.0. The first-order valence-corrected chi connectivity index (χ1v) is 9.15. The molecule has 4 rings (SSSR count). The number of benzene rings is 1. The fraction of sp³-hybridized carbons (Fsp3) is 0.316. The number of halogens is 1. The second-order valence-corrected chi connectivity index (χ2v) is 8.08. The quantitative estimate of drug-likeness (QED) is 0.723. The highest BCUT2D eigenvalue weighted by Gasteiger charge is 2.34. The molecule has 4 heteroatoms. The lowest BCUT2D eigenvalue weighted by molar-refractivity contribution is -0.127. The van der Waals surface area contributed by atoms with E-state index >= 15 is 0 Å². The Balaban J connectivity index is 1.80. The van der Waals surface area contributed by atoms with Crippen molar-refractivity contribution in [3.63, 3.8) is 0 Å². The van der Waals surface area contributed by atoms with E-state index in [1.54, 1.807) is 11.3 Å². The van der Waals surface area contributed by atoms with Crippen LogP contribution < -0.4 is 0 Å². The van der Waals surface area contributed by atoms with Gasteiger partial charge >= 0.3 is 0 Å². The molecule has 1 amide bonds. The first-order valence-electron chi connectivity index (χ1n) is 7.95. The molecule has 0 unspecified atom stereocenters. The monoisotopic (exact) mass is 343 g/mol. The molecule has 1 saturated carbocycles. The molecule has 0 spiro atoms. The molecule has 118 valence electrons. The van der Waals surface area contributed by atoms with Gasteiger partial charge in [0.15, 0.2) is 0 Å². The van der Waals surface area contributed by atoms with Crippen LogP contribution in [0.4, 0.5) is 0 Å². The molecule has 0 N–H and O–H groups in total. The lowest BCUT2D eigenvalue weighted by Crippen LogP contribution is -2.37. The van der Waals surface area contributed by atoms with Crippen molar-refractivity contribution in [2.75, 3.05) is 6.54 Å². The van der Waals surface area contributed by atoms with Gasteiger partial charge < -0.3 is 4.90 Å². The lowest BCUT2D eigenvalue weighted by Gasteiger charge is -2.33. The van der Waals surface area contributed by atoms with E-state index in [2.05, 4.69) is 36.9 Å². The smallest absolute Gasteiger partial charge is 0.246 e. The number of amides is 1. The van der Waals surface area contributed by atoms with Gasteiger partial charge in [-0.25, -0.2) is 0 Å². The lowest BCUT2D eigenvalue weighted by atomic mass is 9.84. The van der Waals surface area contributed by atoms with E-state index < -0.39 is 0 Å². The van der Waals surface area contributed by atoms with Crippen LogP contribution in [0.1, 0.15) is 46.2 Å². The van der Waals surface area contributed by atoms with Gasteiger partial charge in [-0.15, -0.1) is 11.3 Å². The minimum Gasteiger partial charge on any atom is -0.333 e. The number of thiophene rings is 1. The maximum Gasteiger partial charge on any atom is 0.246 e. The van der Waals surface area contributed by atoms with Gasteiger partial charge in [-0.3, -0.25) is 4.79 Å². The normalized spacial score (nSPS) is 20.2. The van der Waals surface area contributed by atoms with Crippen LogP contribution in [0.3, 0.4) is 0 Å². The average molecular weight is 344 g/mol. The summed E-state index contributed by atoms with van der Waals surface area (Å²) in [5.74, 6) is 0.895. The summed E-state index contributed by atoms with van der Waals surface area (Å²) in [5.41, 5.74) is 4.09. The molecule has 1 fully saturated rings. The predicted molar refractivity (Wildman–Crippen MR) is 95.2 cm³/mol. The molecule has 1 aromatic heterocycles. The number of rotatable bonds is 3. The van der Waals surface area contributed by atoms with Crippen LogP contribution in [-0.4, -0.2) is 17.4 Å². The summed E-state index contributed by atoms with van der Waals surface area (Å²) in [6.45, 7) is 4.98. The Morgan fingerprint density at radius 2 is 2.00 bits per heavy atom. The van der Waals surface area contributed by atoms with Crippen molar-refractivity contribution in [2.45, 2.75) is 31.2 Å². The summed E-state index contributed by atoms with van der Waals surface area (Å²) in [5, 5.41) is 0. The SMILES string of the molecule is C=CC(=O)N1Cc2sc(Cl)cc2[C@@H](c2ccccc2C2CC2)C1. The van der Waals surface area contributed by atoms with E-state index in [1.807, 2.05) is 4.90 Å². The average Bonchev–Trinajstić information content (AvgIpc) is 3.34. The predicted octanol–water partition coefficient (Wildman–Crippen LogP) is 4.94. The molecule has 1 atom stereocenters. The van der Waals surface area contributed by atoms with Crippen molar-refractivity contribution in [1.82, 2.24) is 4.90 Å². The van der Waals surface area contributed by atoms with Crippen molar-refractivity contribution in [2.24, 2.45) is 0 Å². The Hall–Kier alpha value is -1.58. The summed E-state index contributed by atoms with van der Waals surface area (Å²) in [4.78, 5) is 15.3. The Bertz CT molecular complexity index is 777. The van der Waals surface area contributed by atoms with E-state index in [4.69, 9.17) is 11.6 Å². The van der Waals surface area contributed by atoms with Crippen molar-refractivity contribution in [3.05, 3.63) is 68.9 Å². The molecular formula is C19H18ClNOS. The highest BCUT2D eigenvalue weighted by molar-refractivity contribution is 7.16. The van der Waals surface area contributed by atoms with Gasteiger partial charge in [0.2, 0.25) is 5.91 Å². The molecule has 2 nitrogen and oxygen atoms in total. The van der Waals surface area contributed by atoms with E-state index in [-0.39, 0.29) is 11.8 Å². The molecule has 1 aliphatic heterocycles. The molecule has 0 radical (unpaired) electrons. The minimum atomic E-state index is -0.00549. The molecule has 0 bridgehead atoms. The molecule has 1 aromatic carbocycles. The Kier molecular flexibility index (Phi) is 3.78. The highest BCUT2D eigenvalue weighted by atomic mass is 35.5. The fourth-order valence-corrected chi connectivity index (χ4v) is 4.90. The maximum atomic E-state index is 12.2. The van der Waals surface area contributed by atoms with Gasteiger partial charge in [0, 0.05) is 17.3 Å². The van der Waals surface area contributed by atoms with Gasteiger partial charge in [-0.05, 0) is 47.6 Å². The number of fused-ring (bicyclic) bond motifs is 1. The number of hydrogen-bond acceptors (Lipinski definition) is 2. The largest absolute Gasteiger partial charge is 0.333 e. The van der Waals surface area contributed by atoms with Crippen molar-refractivity contribution < 1.29 is 4.79 Å². The molecule has 2 aliphatic rings. The van der Waals surface area contributed by atoms with Crippen LogP contribution in [-0.2, 0) is 11.3 Å². The van der Waals surface area contributed by atoms with Gasteiger partial charge in [-0.1, -0.05) is 42.4 Å². The maximum absolute atomic E-state index is 12.2. The van der Waals surface area contributed by atoms with Crippen LogP contribution >= 0.6 is 22.9 Å². The third kappa shape index (κ3) is 2.73. The van der Waals surface area contributed by atoms with E-state index in [0.717, 1.165) is 4.34 Å². The van der Waals surface area contributed by atoms with Crippen LogP contribution in [0, 0.1) is 0 Å². The third-order valence-corrected chi connectivity index (χ3v) is 6.06. The van der Waals surface area contributed by atoms with E-state index in [9.17, 15) is 4.79 Å². The van der Waals surface area contributed by atoms with Gasteiger partial charge in [0.05, 0.1) is 10.9 Å². The fourth-order valence-electron chi connectivity index (χ4n) is 3.54. The topological polar surface area (TPSA) is 20.3 Å². The molecule has 2 heterocycles. The van der Waals surface area contributed by atoms with Gasteiger partial charge in [-0.2, -0.15) is 0 Å². The Morgan fingerprint density at radius 3 is 2.70 bits per heavy atom. The number of carbonyl (C=O) groups is 1. The van der Waals surface area contributed by atoms with Crippen LogP contribution in [0.2, 0.25) is 4.34 Å². The first kappa shape index (κ1) is 15.0.